The van der Waals surface area contributed by atoms with Gasteiger partial charge in [0.2, 0.25) is 0 Å². The Labute approximate surface area is 86.5 Å². The molecule has 3 fully saturated rings. The van der Waals surface area contributed by atoms with Gasteiger partial charge in [-0.1, -0.05) is 0 Å². The van der Waals surface area contributed by atoms with Crippen LogP contribution >= 0.6 is 0 Å². The summed E-state index contributed by atoms with van der Waals surface area (Å²) in [7, 11) is 0.0718. The molecule has 0 aromatic rings. The summed E-state index contributed by atoms with van der Waals surface area (Å²) in [5, 5.41) is 0. The molecule has 3 aliphatic rings. The molecule has 1 saturated heterocycles. The van der Waals surface area contributed by atoms with Crippen LogP contribution in [0.2, 0.25) is 5.82 Å². The minimum Gasteiger partial charge on any atom is -0.403 e. The molecule has 0 bridgehead atoms. The Hall–Kier alpha value is -0.0151. The lowest BCUT2D eigenvalue weighted by atomic mass is 9.80. The molecule has 1 spiro atoms. The van der Waals surface area contributed by atoms with E-state index < -0.39 is 0 Å². The highest BCUT2D eigenvalue weighted by atomic mass is 16.7. The molecule has 14 heavy (non-hydrogen) atoms. The van der Waals surface area contributed by atoms with Gasteiger partial charge in [0.15, 0.2) is 0 Å². The Morgan fingerprint density at radius 2 is 1.50 bits per heavy atom. The Morgan fingerprint density at radius 1 is 1.00 bits per heavy atom. The summed E-state index contributed by atoms with van der Waals surface area (Å²) >= 11 is 0. The lowest BCUT2D eigenvalue weighted by Crippen LogP contribution is -2.41. The quantitative estimate of drug-likeness (QED) is 0.597. The van der Waals surface area contributed by atoms with E-state index in [0.29, 0.717) is 11.2 Å². The SMILES string of the molecule is CC1(C)OB(C2CC23CC3)OC1(C)C. The Balaban J connectivity index is 1.75. The smallest absolute Gasteiger partial charge is 0.403 e. The monoisotopic (exact) mass is 194 g/mol. The second-order valence-corrected chi connectivity index (χ2v) is 6.30. The van der Waals surface area contributed by atoms with Crippen LogP contribution < -0.4 is 0 Å². The van der Waals surface area contributed by atoms with Gasteiger partial charge in [-0.3, -0.25) is 0 Å². The fourth-order valence-corrected chi connectivity index (χ4v) is 2.55. The maximum Gasteiger partial charge on any atom is 0.461 e. The Bertz CT molecular complexity index is 265. The van der Waals surface area contributed by atoms with Gasteiger partial charge in [0.05, 0.1) is 11.2 Å². The van der Waals surface area contributed by atoms with Crippen molar-refractivity contribution in [1.82, 2.24) is 0 Å². The molecule has 0 N–H and O–H groups in total. The maximum absolute atomic E-state index is 6.04. The minimum atomic E-state index is -0.143. The molecule has 3 heteroatoms. The van der Waals surface area contributed by atoms with Gasteiger partial charge >= 0.3 is 7.12 Å². The van der Waals surface area contributed by atoms with Crippen molar-refractivity contribution in [1.29, 1.82) is 0 Å². The molecule has 0 radical (unpaired) electrons. The average Bonchev–Trinajstić information content (AvgIpc) is 2.89. The molecule has 1 heterocycles. The first-order chi connectivity index (χ1) is 6.36. The molecular formula is C11H19BO2. The van der Waals surface area contributed by atoms with Crippen molar-refractivity contribution in [2.75, 3.05) is 0 Å². The van der Waals surface area contributed by atoms with Gasteiger partial charge in [-0.25, -0.2) is 0 Å². The van der Waals surface area contributed by atoms with Crippen molar-refractivity contribution in [2.24, 2.45) is 5.41 Å². The van der Waals surface area contributed by atoms with E-state index in [2.05, 4.69) is 27.7 Å². The minimum absolute atomic E-state index is 0.0718. The summed E-state index contributed by atoms with van der Waals surface area (Å²) < 4.78 is 12.1. The number of rotatable bonds is 1. The van der Waals surface area contributed by atoms with Gasteiger partial charge < -0.3 is 9.31 Å². The first kappa shape index (κ1) is 9.23. The van der Waals surface area contributed by atoms with Gasteiger partial charge in [0.25, 0.3) is 0 Å². The van der Waals surface area contributed by atoms with Gasteiger partial charge in [-0.2, -0.15) is 0 Å². The average molecular weight is 194 g/mol. The molecule has 1 unspecified atom stereocenters. The summed E-state index contributed by atoms with van der Waals surface area (Å²) in [5.74, 6) is 0.698. The molecule has 1 aliphatic heterocycles. The van der Waals surface area contributed by atoms with Crippen molar-refractivity contribution >= 4 is 7.12 Å². The number of hydrogen-bond donors (Lipinski definition) is 0. The Morgan fingerprint density at radius 3 is 1.86 bits per heavy atom. The topological polar surface area (TPSA) is 18.5 Å². The third-order valence-electron chi connectivity index (χ3n) is 4.75. The fraction of sp³-hybridized carbons (Fsp3) is 1.00. The first-order valence-corrected chi connectivity index (χ1v) is 5.72. The van der Waals surface area contributed by atoms with Crippen LogP contribution in [0.1, 0.15) is 47.0 Å². The standard InChI is InChI=1S/C11H19BO2/c1-9(2)10(3,4)14-12(13-9)8-7-11(8)5-6-11/h8H,5-7H2,1-4H3. The van der Waals surface area contributed by atoms with Crippen molar-refractivity contribution < 1.29 is 9.31 Å². The van der Waals surface area contributed by atoms with Gasteiger partial charge in [0.1, 0.15) is 0 Å². The molecule has 2 saturated carbocycles. The lowest BCUT2D eigenvalue weighted by molar-refractivity contribution is 0.00578. The Kier molecular flexibility index (Phi) is 1.46. The van der Waals surface area contributed by atoms with Crippen LogP contribution in [0.4, 0.5) is 0 Å². The van der Waals surface area contributed by atoms with Crippen molar-refractivity contribution in [3.05, 3.63) is 0 Å². The van der Waals surface area contributed by atoms with Gasteiger partial charge in [-0.05, 0) is 52.4 Å². The van der Waals surface area contributed by atoms with E-state index in [-0.39, 0.29) is 18.3 Å². The van der Waals surface area contributed by atoms with E-state index in [1.165, 1.54) is 19.3 Å². The van der Waals surface area contributed by atoms with E-state index >= 15 is 0 Å². The van der Waals surface area contributed by atoms with Gasteiger partial charge in [0, 0.05) is 5.82 Å². The van der Waals surface area contributed by atoms with Crippen LogP contribution in [-0.2, 0) is 9.31 Å². The molecule has 78 valence electrons. The third kappa shape index (κ3) is 1.06. The summed E-state index contributed by atoms with van der Waals surface area (Å²) in [5.41, 5.74) is 0.383. The summed E-state index contributed by atoms with van der Waals surface area (Å²) in [4.78, 5) is 0. The van der Waals surface area contributed by atoms with Crippen molar-refractivity contribution in [3.63, 3.8) is 0 Å². The zero-order valence-corrected chi connectivity index (χ0v) is 9.59. The first-order valence-electron chi connectivity index (χ1n) is 5.72. The highest BCUT2D eigenvalue weighted by Crippen LogP contribution is 2.76. The molecular weight excluding hydrogens is 175 g/mol. The van der Waals surface area contributed by atoms with Crippen LogP contribution in [0.15, 0.2) is 0 Å². The predicted octanol–water partition coefficient (Wildman–Crippen LogP) is 2.63. The molecule has 0 aromatic heterocycles. The van der Waals surface area contributed by atoms with Gasteiger partial charge in [-0.15, -0.1) is 0 Å². The third-order valence-corrected chi connectivity index (χ3v) is 4.75. The van der Waals surface area contributed by atoms with E-state index in [4.69, 9.17) is 9.31 Å². The van der Waals surface area contributed by atoms with Crippen LogP contribution in [0.25, 0.3) is 0 Å². The van der Waals surface area contributed by atoms with Crippen molar-refractivity contribution in [3.8, 4) is 0 Å². The fourth-order valence-electron chi connectivity index (χ4n) is 2.55. The molecule has 2 aliphatic carbocycles. The van der Waals surface area contributed by atoms with Crippen LogP contribution in [0, 0.1) is 5.41 Å². The van der Waals surface area contributed by atoms with Crippen LogP contribution in [0.3, 0.4) is 0 Å². The van der Waals surface area contributed by atoms with Crippen LogP contribution in [0.5, 0.6) is 0 Å². The molecule has 2 nitrogen and oxygen atoms in total. The van der Waals surface area contributed by atoms with Crippen molar-refractivity contribution in [2.45, 2.75) is 64.0 Å². The predicted molar refractivity (Wildman–Crippen MR) is 56.1 cm³/mol. The summed E-state index contributed by atoms with van der Waals surface area (Å²) in [6.45, 7) is 8.54. The zero-order valence-electron chi connectivity index (χ0n) is 9.59. The second kappa shape index (κ2) is 2.22. The number of hydrogen-bond acceptors (Lipinski definition) is 2. The summed E-state index contributed by atoms with van der Waals surface area (Å²) in [6, 6.07) is 0. The molecule has 1 atom stereocenters. The molecule has 0 amide bonds. The molecule has 0 aromatic carbocycles. The second-order valence-electron chi connectivity index (χ2n) is 6.30. The highest BCUT2D eigenvalue weighted by molar-refractivity contribution is 6.49. The normalized spacial score (nSPS) is 40.3. The van der Waals surface area contributed by atoms with E-state index in [1.807, 2.05) is 0 Å². The van der Waals surface area contributed by atoms with E-state index in [1.54, 1.807) is 0 Å². The maximum atomic E-state index is 6.04. The molecule has 3 rings (SSSR count). The van der Waals surface area contributed by atoms with E-state index in [9.17, 15) is 0 Å². The zero-order chi connectivity index (χ0) is 10.2. The largest absolute Gasteiger partial charge is 0.461 e. The van der Waals surface area contributed by atoms with Crippen LogP contribution in [-0.4, -0.2) is 18.3 Å². The highest BCUT2D eigenvalue weighted by Gasteiger charge is 2.71. The van der Waals surface area contributed by atoms with E-state index in [0.717, 1.165) is 0 Å². The lowest BCUT2D eigenvalue weighted by Gasteiger charge is -2.32. The summed E-state index contributed by atoms with van der Waals surface area (Å²) in [6.07, 6.45) is 4.15.